The Kier molecular flexibility index (Phi) is 8.43. The predicted octanol–water partition coefficient (Wildman–Crippen LogP) is 3.13. The number of guanidine groups is 1. The molecule has 1 aromatic heterocycles. The zero-order valence-electron chi connectivity index (χ0n) is 15.2. The van der Waals surface area contributed by atoms with Gasteiger partial charge in [0.1, 0.15) is 0 Å². The highest BCUT2D eigenvalue weighted by Gasteiger charge is 2.24. The molecule has 146 valence electrons. The normalized spacial score (nSPS) is 14.7. The molecule has 1 amide bonds. The van der Waals surface area contributed by atoms with Crippen molar-refractivity contribution in [3.8, 4) is 0 Å². The first-order valence-corrected chi connectivity index (χ1v) is 9.08. The summed E-state index contributed by atoms with van der Waals surface area (Å²) >= 11 is 6.02. The smallest absolute Gasteiger partial charge is 0.289 e. The van der Waals surface area contributed by atoms with Crippen molar-refractivity contribution in [2.45, 2.75) is 6.42 Å². The SMILES string of the molecule is CN=C(NCCc1cccc(Cl)c1)N1CCN(C(=O)c2ccco2)CC1.I. The molecular formula is C19H24ClIN4O2. The second kappa shape index (κ2) is 10.6. The maximum Gasteiger partial charge on any atom is 0.289 e. The summed E-state index contributed by atoms with van der Waals surface area (Å²) in [5.41, 5.74) is 1.19. The molecule has 0 saturated carbocycles. The third-order valence-corrected chi connectivity index (χ3v) is 4.63. The lowest BCUT2D eigenvalue weighted by Crippen LogP contribution is -2.53. The van der Waals surface area contributed by atoms with Crippen molar-refractivity contribution < 1.29 is 9.21 Å². The third-order valence-electron chi connectivity index (χ3n) is 4.40. The third kappa shape index (κ3) is 5.87. The highest BCUT2D eigenvalue weighted by atomic mass is 127. The molecule has 3 rings (SSSR count). The highest BCUT2D eigenvalue weighted by molar-refractivity contribution is 14.0. The van der Waals surface area contributed by atoms with Gasteiger partial charge in [0.15, 0.2) is 11.7 Å². The van der Waals surface area contributed by atoms with E-state index >= 15 is 0 Å². The first-order chi connectivity index (χ1) is 12.7. The van der Waals surface area contributed by atoms with Crippen molar-refractivity contribution in [1.29, 1.82) is 0 Å². The Bertz CT molecular complexity index is 759. The lowest BCUT2D eigenvalue weighted by Gasteiger charge is -2.36. The summed E-state index contributed by atoms with van der Waals surface area (Å²) in [4.78, 5) is 20.7. The van der Waals surface area contributed by atoms with E-state index in [9.17, 15) is 4.79 Å². The second-order valence-electron chi connectivity index (χ2n) is 6.11. The number of rotatable bonds is 4. The van der Waals surface area contributed by atoms with E-state index in [0.717, 1.165) is 37.0 Å². The van der Waals surface area contributed by atoms with E-state index in [-0.39, 0.29) is 29.9 Å². The van der Waals surface area contributed by atoms with Crippen LogP contribution in [0.15, 0.2) is 52.1 Å². The maximum atomic E-state index is 12.3. The second-order valence-corrected chi connectivity index (χ2v) is 6.55. The monoisotopic (exact) mass is 502 g/mol. The zero-order chi connectivity index (χ0) is 18.4. The summed E-state index contributed by atoms with van der Waals surface area (Å²) in [5.74, 6) is 1.19. The van der Waals surface area contributed by atoms with Gasteiger partial charge in [0.25, 0.3) is 5.91 Å². The van der Waals surface area contributed by atoms with Crippen LogP contribution < -0.4 is 5.32 Å². The maximum absolute atomic E-state index is 12.3. The van der Waals surface area contributed by atoms with Gasteiger partial charge in [-0.3, -0.25) is 9.79 Å². The number of carbonyl (C=O) groups is 1. The lowest BCUT2D eigenvalue weighted by molar-refractivity contribution is 0.0658. The molecule has 0 unspecified atom stereocenters. The number of amides is 1. The van der Waals surface area contributed by atoms with Crippen LogP contribution in [0.3, 0.4) is 0 Å². The molecule has 1 aromatic carbocycles. The van der Waals surface area contributed by atoms with Crippen LogP contribution in [-0.2, 0) is 6.42 Å². The van der Waals surface area contributed by atoms with E-state index in [0.29, 0.717) is 18.8 Å². The van der Waals surface area contributed by atoms with Gasteiger partial charge in [-0.25, -0.2) is 0 Å². The van der Waals surface area contributed by atoms with Gasteiger partial charge in [-0.15, -0.1) is 24.0 Å². The van der Waals surface area contributed by atoms with Crippen LogP contribution in [0, 0.1) is 0 Å². The summed E-state index contributed by atoms with van der Waals surface area (Å²) < 4.78 is 5.20. The molecule has 1 N–H and O–H groups in total. The molecule has 6 nitrogen and oxygen atoms in total. The van der Waals surface area contributed by atoms with Gasteiger partial charge < -0.3 is 19.5 Å². The summed E-state index contributed by atoms with van der Waals surface area (Å²) in [6.07, 6.45) is 2.39. The predicted molar refractivity (Wildman–Crippen MR) is 118 cm³/mol. The van der Waals surface area contributed by atoms with Crippen molar-refractivity contribution in [3.05, 3.63) is 59.0 Å². The van der Waals surface area contributed by atoms with Crippen molar-refractivity contribution in [2.24, 2.45) is 4.99 Å². The minimum absolute atomic E-state index is 0. The van der Waals surface area contributed by atoms with Gasteiger partial charge >= 0.3 is 0 Å². The number of halogens is 2. The van der Waals surface area contributed by atoms with Gasteiger partial charge in [-0.05, 0) is 36.2 Å². The molecule has 1 fully saturated rings. The number of hydrogen-bond donors (Lipinski definition) is 1. The number of aliphatic imine (C=N–C) groups is 1. The summed E-state index contributed by atoms with van der Waals surface area (Å²) in [5, 5.41) is 4.14. The van der Waals surface area contributed by atoms with Gasteiger partial charge in [0.2, 0.25) is 0 Å². The number of furan rings is 1. The average Bonchev–Trinajstić information content (AvgIpc) is 3.20. The highest BCUT2D eigenvalue weighted by Crippen LogP contribution is 2.11. The Hall–Kier alpha value is -1.74. The number of nitrogens with zero attached hydrogens (tertiary/aromatic N) is 3. The van der Waals surface area contributed by atoms with Gasteiger partial charge in [-0.2, -0.15) is 0 Å². The number of carbonyl (C=O) groups excluding carboxylic acids is 1. The summed E-state index contributed by atoms with van der Waals surface area (Å²) in [6, 6.07) is 11.3. The van der Waals surface area contributed by atoms with Crippen LogP contribution in [0.1, 0.15) is 16.1 Å². The molecule has 0 spiro atoms. The first-order valence-electron chi connectivity index (χ1n) is 8.70. The van der Waals surface area contributed by atoms with E-state index in [2.05, 4.69) is 21.3 Å². The fourth-order valence-corrected chi connectivity index (χ4v) is 3.23. The van der Waals surface area contributed by atoms with E-state index < -0.39 is 0 Å². The van der Waals surface area contributed by atoms with Crippen molar-refractivity contribution in [1.82, 2.24) is 15.1 Å². The Morgan fingerprint density at radius 3 is 2.56 bits per heavy atom. The first kappa shape index (κ1) is 21.6. The zero-order valence-corrected chi connectivity index (χ0v) is 18.3. The molecule has 0 radical (unpaired) electrons. The van der Waals surface area contributed by atoms with Crippen molar-refractivity contribution in [2.75, 3.05) is 39.8 Å². The lowest BCUT2D eigenvalue weighted by atomic mass is 10.1. The molecule has 1 aliphatic heterocycles. The molecule has 0 atom stereocenters. The largest absolute Gasteiger partial charge is 0.459 e. The molecule has 2 aromatic rings. The molecule has 0 bridgehead atoms. The van der Waals surface area contributed by atoms with E-state index in [1.54, 1.807) is 19.2 Å². The average molecular weight is 503 g/mol. The van der Waals surface area contributed by atoms with Crippen LogP contribution in [-0.4, -0.2) is 61.4 Å². The molecular weight excluding hydrogens is 479 g/mol. The van der Waals surface area contributed by atoms with Crippen LogP contribution >= 0.6 is 35.6 Å². The van der Waals surface area contributed by atoms with Crippen LogP contribution in [0.2, 0.25) is 5.02 Å². The Morgan fingerprint density at radius 2 is 1.93 bits per heavy atom. The molecule has 8 heteroatoms. The molecule has 1 saturated heterocycles. The van der Waals surface area contributed by atoms with E-state index in [1.165, 1.54) is 11.8 Å². The van der Waals surface area contributed by atoms with E-state index in [4.69, 9.17) is 16.0 Å². The number of piperazine rings is 1. The molecule has 2 heterocycles. The quantitative estimate of drug-likeness (QED) is 0.396. The number of nitrogens with one attached hydrogen (secondary N) is 1. The van der Waals surface area contributed by atoms with Gasteiger partial charge in [0.05, 0.1) is 6.26 Å². The summed E-state index contributed by atoms with van der Waals surface area (Å²) in [6.45, 7) is 3.55. The Balaban J connectivity index is 0.00000261. The van der Waals surface area contributed by atoms with Crippen LogP contribution in [0.25, 0.3) is 0 Å². The Morgan fingerprint density at radius 1 is 1.19 bits per heavy atom. The van der Waals surface area contributed by atoms with Crippen molar-refractivity contribution in [3.63, 3.8) is 0 Å². The number of hydrogen-bond acceptors (Lipinski definition) is 3. The van der Waals surface area contributed by atoms with Crippen LogP contribution in [0.4, 0.5) is 0 Å². The fourth-order valence-electron chi connectivity index (χ4n) is 3.02. The fraction of sp³-hybridized carbons (Fsp3) is 0.368. The minimum Gasteiger partial charge on any atom is -0.459 e. The van der Waals surface area contributed by atoms with Gasteiger partial charge in [-0.1, -0.05) is 23.7 Å². The molecule has 1 aliphatic rings. The van der Waals surface area contributed by atoms with Gasteiger partial charge in [0, 0.05) is 44.8 Å². The Labute approximate surface area is 181 Å². The molecule has 27 heavy (non-hydrogen) atoms. The standard InChI is InChI=1S/C19H23ClN4O2.HI/c1-21-19(22-8-7-15-4-2-5-16(20)14-15)24-11-9-23(10-12-24)18(25)17-6-3-13-26-17;/h2-6,13-14H,7-12H2,1H3,(H,21,22);1H. The number of benzene rings is 1. The van der Waals surface area contributed by atoms with E-state index in [1.807, 2.05) is 23.1 Å². The molecule has 0 aliphatic carbocycles. The van der Waals surface area contributed by atoms with Crippen LogP contribution in [0.5, 0.6) is 0 Å². The topological polar surface area (TPSA) is 61.1 Å². The summed E-state index contributed by atoms with van der Waals surface area (Å²) in [7, 11) is 1.78. The minimum atomic E-state index is -0.0569. The van der Waals surface area contributed by atoms with Crippen molar-refractivity contribution >= 4 is 47.4 Å².